The van der Waals surface area contributed by atoms with Gasteiger partial charge in [0.2, 0.25) is 0 Å². The smallest absolute Gasteiger partial charge is 0.166 e. The minimum atomic E-state index is -4.87. The van der Waals surface area contributed by atoms with Crippen molar-refractivity contribution in [2.45, 2.75) is 52.4 Å². The van der Waals surface area contributed by atoms with Crippen LogP contribution in [-0.4, -0.2) is 0 Å². The molecule has 0 saturated carbocycles. The number of hydrogen-bond donors (Lipinski definition) is 0. The van der Waals surface area contributed by atoms with E-state index in [1.54, 1.807) is 0 Å². The Morgan fingerprint density at radius 3 is 1.19 bits per heavy atom. The van der Waals surface area contributed by atoms with Crippen LogP contribution in [0.3, 0.4) is 0 Å². The highest BCUT2D eigenvalue weighted by Gasteiger charge is 2.37. The predicted octanol–water partition coefficient (Wildman–Crippen LogP) is 8.33. The maximum atomic E-state index is 13.4. The Hall–Kier alpha value is -2.76. The second kappa shape index (κ2) is 8.64. The fourth-order valence-corrected chi connectivity index (χ4v) is 4.22. The third kappa shape index (κ3) is 5.72. The number of halogens is 6. The molecule has 32 heavy (non-hydrogen) atoms. The third-order valence-corrected chi connectivity index (χ3v) is 5.38. The summed E-state index contributed by atoms with van der Waals surface area (Å²) < 4.78 is 80.2. The van der Waals surface area contributed by atoms with E-state index in [-0.39, 0.29) is 18.1 Å². The Bertz CT molecular complexity index is 998. The van der Waals surface area contributed by atoms with E-state index in [2.05, 4.69) is 0 Å². The molecule has 0 amide bonds. The molecule has 0 nitrogen and oxygen atoms in total. The molecule has 0 radical (unpaired) electrons. The highest BCUT2D eigenvalue weighted by Crippen LogP contribution is 2.38. The first kappa shape index (κ1) is 23.9. The van der Waals surface area contributed by atoms with Gasteiger partial charge in [0.25, 0.3) is 0 Å². The maximum Gasteiger partial charge on any atom is 0.416 e. The molecule has 6 heteroatoms. The topological polar surface area (TPSA) is 0 Å². The summed E-state index contributed by atoms with van der Waals surface area (Å²) in [7, 11) is 0. The first-order valence-electron chi connectivity index (χ1n) is 10.2. The lowest BCUT2D eigenvalue weighted by Gasteiger charge is -2.22. The minimum Gasteiger partial charge on any atom is -0.166 e. The van der Waals surface area contributed by atoms with E-state index in [4.69, 9.17) is 0 Å². The van der Waals surface area contributed by atoms with Crippen LogP contribution >= 0.6 is 0 Å². The first-order chi connectivity index (χ1) is 14.7. The summed E-state index contributed by atoms with van der Waals surface area (Å²) in [5, 5.41) is 0. The molecular formula is C26H24F6. The molecule has 3 aromatic rings. The minimum absolute atomic E-state index is 0.00420. The monoisotopic (exact) mass is 450 g/mol. The summed E-state index contributed by atoms with van der Waals surface area (Å²) in [5.41, 5.74) is 3.06. The van der Waals surface area contributed by atoms with Gasteiger partial charge in [-0.25, -0.2) is 0 Å². The standard InChI is InChI=1S/C26H24F6/c1-15-5-16(2)8-20(7-15)24(21-9-17(3)6-18(4)10-21)13-19-11-22(25(27,28)29)14-23(12-19)26(30,31)32/h5-12,14,24H,13H2,1-4H3. The molecule has 0 unspecified atom stereocenters. The molecule has 0 aliphatic carbocycles. The van der Waals surface area contributed by atoms with Gasteiger partial charge in [-0.1, -0.05) is 58.7 Å². The van der Waals surface area contributed by atoms with Gasteiger partial charge < -0.3 is 0 Å². The molecule has 0 spiro atoms. The Morgan fingerprint density at radius 2 is 0.875 bits per heavy atom. The van der Waals surface area contributed by atoms with E-state index < -0.39 is 29.4 Å². The number of hydrogen-bond acceptors (Lipinski definition) is 0. The number of benzene rings is 3. The van der Waals surface area contributed by atoms with Crippen molar-refractivity contribution in [3.05, 3.63) is 105 Å². The Morgan fingerprint density at radius 1 is 0.531 bits per heavy atom. The van der Waals surface area contributed by atoms with Crippen molar-refractivity contribution in [1.82, 2.24) is 0 Å². The van der Waals surface area contributed by atoms with Crippen LogP contribution in [0, 0.1) is 27.7 Å². The van der Waals surface area contributed by atoms with Crippen LogP contribution in [0.5, 0.6) is 0 Å². The molecule has 3 rings (SSSR count). The van der Waals surface area contributed by atoms with E-state index in [9.17, 15) is 26.3 Å². The Labute approximate surface area is 183 Å². The van der Waals surface area contributed by atoms with Crippen molar-refractivity contribution in [3.8, 4) is 0 Å². The molecule has 0 heterocycles. The lowest BCUT2D eigenvalue weighted by molar-refractivity contribution is -0.143. The van der Waals surface area contributed by atoms with Crippen LogP contribution in [0.4, 0.5) is 26.3 Å². The highest BCUT2D eigenvalue weighted by molar-refractivity contribution is 5.43. The van der Waals surface area contributed by atoms with Crippen molar-refractivity contribution in [1.29, 1.82) is 0 Å². The molecule has 0 aliphatic rings. The normalized spacial score (nSPS) is 12.5. The lowest BCUT2D eigenvalue weighted by Crippen LogP contribution is -2.13. The SMILES string of the molecule is Cc1cc(C)cc(C(Cc2cc(C(F)(F)F)cc(C(F)(F)F)c2)c2cc(C)cc(C)c2)c1. The van der Waals surface area contributed by atoms with Gasteiger partial charge in [-0.05, 0) is 69.0 Å². The largest absolute Gasteiger partial charge is 0.416 e. The van der Waals surface area contributed by atoms with Gasteiger partial charge in [-0.3, -0.25) is 0 Å². The Balaban J connectivity index is 2.18. The van der Waals surface area contributed by atoms with E-state index in [1.165, 1.54) is 0 Å². The van der Waals surface area contributed by atoms with Crippen molar-refractivity contribution >= 4 is 0 Å². The van der Waals surface area contributed by atoms with E-state index in [0.717, 1.165) is 45.5 Å². The molecule has 0 saturated heterocycles. The van der Waals surface area contributed by atoms with E-state index in [0.29, 0.717) is 0 Å². The van der Waals surface area contributed by atoms with Gasteiger partial charge in [0.15, 0.2) is 0 Å². The van der Waals surface area contributed by atoms with E-state index in [1.807, 2.05) is 64.1 Å². The molecule has 0 atom stereocenters. The van der Waals surface area contributed by atoms with Crippen LogP contribution < -0.4 is 0 Å². The number of alkyl halides is 6. The van der Waals surface area contributed by atoms with Gasteiger partial charge in [0.1, 0.15) is 0 Å². The molecule has 0 N–H and O–H groups in total. The highest BCUT2D eigenvalue weighted by atomic mass is 19.4. The molecular weight excluding hydrogens is 426 g/mol. The number of rotatable bonds is 4. The maximum absolute atomic E-state index is 13.4. The second-order valence-corrected chi connectivity index (χ2v) is 8.51. The van der Waals surface area contributed by atoms with E-state index >= 15 is 0 Å². The molecule has 0 aromatic heterocycles. The molecule has 170 valence electrons. The molecule has 0 aliphatic heterocycles. The van der Waals surface area contributed by atoms with Crippen LogP contribution in [0.2, 0.25) is 0 Å². The zero-order valence-electron chi connectivity index (χ0n) is 18.2. The summed E-state index contributed by atoms with van der Waals surface area (Å²) in [6, 6.07) is 13.5. The summed E-state index contributed by atoms with van der Waals surface area (Å²) >= 11 is 0. The zero-order valence-corrected chi connectivity index (χ0v) is 18.2. The van der Waals surface area contributed by atoms with Crippen LogP contribution in [-0.2, 0) is 18.8 Å². The van der Waals surface area contributed by atoms with Gasteiger partial charge >= 0.3 is 12.4 Å². The van der Waals surface area contributed by atoms with Crippen molar-refractivity contribution < 1.29 is 26.3 Å². The molecule has 0 bridgehead atoms. The fourth-order valence-electron chi connectivity index (χ4n) is 4.22. The summed E-state index contributed by atoms with van der Waals surface area (Å²) in [6.45, 7) is 7.67. The zero-order chi connectivity index (χ0) is 23.8. The van der Waals surface area contributed by atoms with Crippen molar-refractivity contribution in [2.75, 3.05) is 0 Å². The van der Waals surface area contributed by atoms with Gasteiger partial charge in [0, 0.05) is 5.92 Å². The first-order valence-corrected chi connectivity index (χ1v) is 10.2. The third-order valence-electron chi connectivity index (χ3n) is 5.38. The fraction of sp³-hybridized carbons (Fsp3) is 0.308. The van der Waals surface area contributed by atoms with Gasteiger partial charge in [-0.2, -0.15) is 26.3 Å². The average Bonchev–Trinajstić information content (AvgIpc) is 2.62. The molecule has 0 fully saturated rings. The molecule has 3 aromatic carbocycles. The predicted molar refractivity (Wildman–Crippen MR) is 114 cm³/mol. The van der Waals surface area contributed by atoms with Crippen LogP contribution in [0.25, 0.3) is 0 Å². The number of aryl methyl sites for hydroxylation is 4. The lowest BCUT2D eigenvalue weighted by atomic mass is 9.83. The summed E-state index contributed by atoms with van der Waals surface area (Å²) in [4.78, 5) is 0. The second-order valence-electron chi connectivity index (χ2n) is 8.51. The van der Waals surface area contributed by atoms with Crippen molar-refractivity contribution in [3.63, 3.8) is 0 Å². The van der Waals surface area contributed by atoms with Gasteiger partial charge in [-0.15, -0.1) is 0 Å². The summed E-state index contributed by atoms with van der Waals surface area (Å²) in [5.74, 6) is -0.392. The quantitative estimate of drug-likeness (QED) is 0.351. The van der Waals surface area contributed by atoms with Crippen LogP contribution in [0.1, 0.15) is 56.0 Å². The average molecular weight is 450 g/mol. The summed E-state index contributed by atoms with van der Waals surface area (Å²) in [6.07, 6.45) is -9.73. The Kier molecular flexibility index (Phi) is 6.45. The van der Waals surface area contributed by atoms with Gasteiger partial charge in [0.05, 0.1) is 11.1 Å². The van der Waals surface area contributed by atoms with Crippen molar-refractivity contribution in [2.24, 2.45) is 0 Å². The van der Waals surface area contributed by atoms with Crippen LogP contribution in [0.15, 0.2) is 54.6 Å².